The molecular formula is C26H28FNO4. The van der Waals surface area contributed by atoms with Gasteiger partial charge in [0.25, 0.3) is 0 Å². The van der Waals surface area contributed by atoms with Crippen LogP contribution in [-0.2, 0) is 14.9 Å². The van der Waals surface area contributed by atoms with E-state index in [1.54, 1.807) is 24.3 Å². The standard InChI is InChI=1S/C26H28FNO4/c1-4-26(12-17(26)24(30)31)13-20-22-21-18(6-5-7-19(21)29)28(16-10-8-15(27)9-11-16)23(22)25(2,3)14-32-20/h5-11,17,20,29H,4,12-14H2,1-3H3,(H,30,31). The maximum absolute atomic E-state index is 13.7. The Labute approximate surface area is 186 Å². The molecule has 168 valence electrons. The number of aliphatic carboxylic acids is 1. The van der Waals surface area contributed by atoms with Crippen LogP contribution in [0.2, 0.25) is 0 Å². The fraction of sp³-hybridized carbons (Fsp3) is 0.423. The molecule has 0 saturated heterocycles. The van der Waals surface area contributed by atoms with E-state index in [1.807, 2.05) is 13.0 Å². The first-order chi connectivity index (χ1) is 15.2. The Bertz CT molecular complexity index is 1210. The van der Waals surface area contributed by atoms with Crippen molar-refractivity contribution in [2.75, 3.05) is 6.61 Å². The molecule has 1 aromatic heterocycles. The zero-order valence-corrected chi connectivity index (χ0v) is 18.6. The van der Waals surface area contributed by atoms with E-state index in [9.17, 15) is 19.4 Å². The third-order valence-electron chi connectivity index (χ3n) is 7.49. The van der Waals surface area contributed by atoms with Crippen molar-refractivity contribution < 1.29 is 24.1 Å². The highest BCUT2D eigenvalue weighted by Gasteiger charge is 2.58. The van der Waals surface area contributed by atoms with Gasteiger partial charge in [0.15, 0.2) is 0 Å². The Balaban J connectivity index is 1.74. The fourth-order valence-corrected chi connectivity index (χ4v) is 5.64. The van der Waals surface area contributed by atoms with Gasteiger partial charge in [-0.1, -0.05) is 26.8 Å². The summed E-state index contributed by atoms with van der Waals surface area (Å²) in [7, 11) is 0. The number of nitrogens with zero attached hydrogens (tertiary/aromatic N) is 1. The van der Waals surface area contributed by atoms with E-state index in [0.29, 0.717) is 19.4 Å². The fourth-order valence-electron chi connectivity index (χ4n) is 5.64. The maximum atomic E-state index is 13.7. The van der Waals surface area contributed by atoms with Crippen LogP contribution in [0, 0.1) is 17.2 Å². The highest BCUT2D eigenvalue weighted by molar-refractivity contribution is 5.93. The number of benzene rings is 2. The number of halogens is 1. The number of fused-ring (bicyclic) bond motifs is 3. The molecule has 0 radical (unpaired) electrons. The Morgan fingerprint density at radius 1 is 1.22 bits per heavy atom. The predicted molar refractivity (Wildman–Crippen MR) is 120 cm³/mol. The highest BCUT2D eigenvalue weighted by Crippen LogP contribution is 2.62. The van der Waals surface area contributed by atoms with Crippen molar-refractivity contribution in [1.82, 2.24) is 4.57 Å². The molecule has 6 heteroatoms. The molecule has 2 heterocycles. The Kier molecular flexibility index (Phi) is 4.64. The predicted octanol–water partition coefficient (Wildman–Crippen LogP) is 5.72. The van der Waals surface area contributed by atoms with Gasteiger partial charge in [0.05, 0.1) is 24.1 Å². The van der Waals surface area contributed by atoms with Gasteiger partial charge in [0, 0.05) is 27.7 Å². The Morgan fingerprint density at radius 2 is 1.94 bits per heavy atom. The Hall–Kier alpha value is -2.86. The summed E-state index contributed by atoms with van der Waals surface area (Å²) in [6, 6.07) is 11.8. The number of hydrogen-bond acceptors (Lipinski definition) is 3. The average Bonchev–Trinajstić information content (AvgIpc) is 3.36. The number of carboxylic acids is 1. The van der Waals surface area contributed by atoms with E-state index in [2.05, 4.69) is 18.4 Å². The highest BCUT2D eigenvalue weighted by atomic mass is 19.1. The van der Waals surface area contributed by atoms with Crippen LogP contribution in [0.4, 0.5) is 4.39 Å². The summed E-state index contributed by atoms with van der Waals surface area (Å²) in [5, 5.41) is 21.2. The third-order valence-corrected chi connectivity index (χ3v) is 7.49. The van der Waals surface area contributed by atoms with Crippen molar-refractivity contribution in [3.05, 3.63) is 59.5 Å². The second kappa shape index (κ2) is 7.07. The molecule has 2 aromatic carbocycles. The van der Waals surface area contributed by atoms with Crippen molar-refractivity contribution in [3.8, 4) is 11.4 Å². The van der Waals surface area contributed by atoms with Gasteiger partial charge in [-0.05, 0) is 61.1 Å². The SMILES string of the molecule is CCC1(CC2OCC(C)(C)c3c2c2c(O)cccc2n3-c2ccc(F)cc2)CC1C(=O)O. The smallest absolute Gasteiger partial charge is 0.307 e. The number of phenolic OH excluding ortho intramolecular Hbond substituents is 1. The van der Waals surface area contributed by atoms with E-state index in [-0.39, 0.29) is 34.4 Å². The number of phenols is 1. The lowest BCUT2D eigenvalue weighted by atomic mass is 9.80. The van der Waals surface area contributed by atoms with Gasteiger partial charge in [-0.2, -0.15) is 0 Å². The Morgan fingerprint density at radius 3 is 2.56 bits per heavy atom. The summed E-state index contributed by atoms with van der Waals surface area (Å²) in [6.07, 6.45) is 1.70. The lowest BCUT2D eigenvalue weighted by Crippen LogP contribution is -2.35. The summed E-state index contributed by atoms with van der Waals surface area (Å²) in [5.41, 5.74) is 2.95. The van der Waals surface area contributed by atoms with Crippen LogP contribution in [-0.4, -0.2) is 27.4 Å². The molecule has 3 aromatic rings. The molecule has 5 rings (SSSR count). The zero-order valence-electron chi connectivity index (χ0n) is 18.6. The molecule has 5 nitrogen and oxygen atoms in total. The second-order valence-corrected chi connectivity index (χ2v) is 9.94. The van der Waals surface area contributed by atoms with E-state index in [4.69, 9.17) is 4.74 Å². The van der Waals surface area contributed by atoms with Crippen molar-refractivity contribution in [3.63, 3.8) is 0 Å². The van der Waals surface area contributed by atoms with Crippen LogP contribution in [0.5, 0.6) is 5.75 Å². The number of carbonyl (C=O) groups is 1. The second-order valence-electron chi connectivity index (χ2n) is 9.94. The zero-order chi connectivity index (χ0) is 22.8. The van der Waals surface area contributed by atoms with Gasteiger partial charge in [-0.3, -0.25) is 4.79 Å². The third kappa shape index (κ3) is 3.04. The van der Waals surface area contributed by atoms with Gasteiger partial charge in [-0.25, -0.2) is 4.39 Å². The monoisotopic (exact) mass is 437 g/mol. The van der Waals surface area contributed by atoms with E-state index < -0.39 is 5.97 Å². The molecule has 1 fully saturated rings. The van der Waals surface area contributed by atoms with Crippen LogP contribution in [0.1, 0.15) is 57.4 Å². The van der Waals surface area contributed by atoms with Gasteiger partial charge < -0.3 is 19.5 Å². The number of ether oxygens (including phenoxy) is 1. The number of aromatic hydroxyl groups is 1. The first-order valence-corrected chi connectivity index (χ1v) is 11.2. The minimum Gasteiger partial charge on any atom is -0.507 e. The van der Waals surface area contributed by atoms with Crippen molar-refractivity contribution in [2.24, 2.45) is 11.3 Å². The molecular weight excluding hydrogens is 409 g/mol. The van der Waals surface area contributed by atoms with Crippen LogP contribution in [0.25, 0.3) is 16.6 Å². The van der Waals surface area contributed by atoms with Crippen LogP contribution in [0.15, 0.2) is 42.5 Å². The number of rotatable bonds is 5. The minimum atomic E-state index is -0.750. The van der Waals surface area contributed by atoms with Crippen molar-refractivity contribution >= 4 is 16.9 Å². The normalized spacial score (nSPS) is 26.1. The van der Waals surface area contributed by atoms with Crippen LogP contribution < -0.4 is 0 Å². The lowest BCUT2D eigenvalue weighted by Gasteiger charge is -2.38. The van der Waals surface area contributed by atoms with E-state index in [1.165, 1.54) is 12.1 Å². The number of carboxylic acid groups (broad SMARTS) is 1. The molecule has 3 unspecified atom stereocenters. The van der Waals surface area contributed by atoms with Crippen LogP contribution in [0.3, 0.4) is 0 Å². The molecule has 1 aliphatic carbocycles. The summed E-state index contributed by atoms with van der Waals surface area (Å²) >= 11 is 0. The van der Waals surface area contributed by atoms with Gasteiger partial charge in [0.1, 0.15) is 11.6 Å². The molecule has 0 amide bonds. The molecule has 2 N–H and O–H groups in total. The molecule has 3 atom stereocenters. The van der Waals surface area contributed by atoms with Gasteiger partial charge >= 0.3 is 5.97 Å². The van der Waals surface area contributed by atoms with Crippen molar-refractivity contribution in [2.45, 2.75) is 51.6 Å². The quantitative estimate of drug-likeness (QED) is 0.536. The van der Waals surface area contributed by atoms with E-state index >= 15 is 0 Å². The molecule has 1 saturated carbocycles. The average molecular weight is 438 g/mol. The van der Waals surface area contributed by atoms with Crippen molar-refractivity contribution in [1.29, 1.82) is 0 Å². The number of hydrogen-bond donors (Lipinski definition) is 2. The largest absolute Gasteiger partial charge is 0.507 e. The van der Waals surface area contributed by atoms with Gasteiger partial charge in [-0.15, -0.1) is 0 Å². The summed E-state index contributed by atoms with van der Waals surface area (Å²) in [6.45, 7) is 6.71. The van der Waals surface area contributed by atoms with Crippen LogP contribution >= 0.6 is 0 Å². The number of aromatic nitrogens is 1. The summed E-state index contributed by atoms with van der Waals surface area (Å²) in [5.74, 6) is -1.24. The molecule has 2 aliphatic rings. The van der Waals surface area contributed by atoms with Gasteiger partial charge in [0.2, 0.25) is 0 Å². The first kappa shape index (κ1) is 21.0. The van der Waals surface area contributed by atoms with E-state index in [0.717, 1.165) is 34.3 Å². The lowest BCUT2D eigenvalue weighted by molar-refractivity contribution is -0.139. The molecule has 0 spiro atoms. The maximum Gasteiger partial charge on any atom is 0.307 e. The topological polar surface area (TPSA) is 71.7 Å². The first-order valence-electron chi connectivity index (χ1n) is 11.2. The molecule has 0 bridgehead atoms. The summed E-state index contributed by atoms with van der Waals surface area (Å²) < 4.78 is 22.2. The molecule has 1 aliphatic heterocycles. The summed E-state index contributed by atoms with van der Waals surface area (Å²) in [4.78, 5) is 11.7. The molecule has 32 heavy (non-hydrogen) atoms. The minimum absolute atomic E-state index is 0.169.